The fourth-order valence-electron chi connectivity index (χ4n) is 4.17. The number of β-amino-alcohol motifs (C(OH)–C–C–N with tert-alkyl or cyclic N) is 1. The smallest absolute Gasteiger partial charge is 0.265 e. The summed E-state index contributed by atoms with van der Waals surface area (Å²) >= 11 is 3.39. The lowest BCUT2D eigenvalue weighted by Gasteiger charge is -2.19. The summed E-state index contributed by atoms with van der Waals surface area (Å²) in [6.45, 7) is 7.34. The Kier molecular flexibility index (Phi) is 8.02. The van der Waals surface area contributed by atoms with Crippen molar-refractivity contribution >= 4 is 55.2 Å². The van der Waals surface area contributed by atoms with Gasteiger partial charge in [-0.05, 0) is 61.2 Å². The van der Waals surface area contributed by atoms with Crippen LogP contribution in [-0.4, -0.2) is 37.0 Å². The Labute approximate surface area is 215 Å². The molecule has 2 N–H and O–H groups in total. The first-order valence-corrected chi connectivity index (χ1v) is 14.9. The standard InChI is InChI=1S/C26H30N2O4S3/c1-4-20(17-26-28(11-12-29)22-15-19(3)7-9-24(22)34-26)16-25-27(10-5-13-35(30,31)32)21-14-18(2)6-8-23(21)33-25/h6-9,14-17,29H,4-5,10-13H2,1-3H3/p+1. The molecule has 2 aromatic carbocycles. The summed E-state index contributed by atoms with van der Waals surface area (Å²) in [5, 5.41) is 11.8. The number of allylic oxidation sites excluding steroid dienone is 2. The Hall–Kier alpha value is -2.17. The van der Waals surface area contributed by atoms with E-state index in [1.807, 2.05) is 6.92 Å². The van der Waals surface area contributed by atoms with Crippen molar-refractivity contribution in [1.29, 1.82) is 0 Å². The zero-order valence-corrected chi connectivity index (χ0v) is 22.6. The number of thioether (sulfide) groups is 1. The zero-order valence-electron chi connectivity index (χ0n) is 20.2. The van der Waals surface area contributed by atoms with E-state index in [0.29, 0.717) is 19.5 Å². The molecule has 6 nitrogen and oxygen atoms in total. The van der Waals surface area contributed by atoms with Gasteiger partial charge < -0.3 is 10.0 Å². The SMILES string of the molecule is CCC(=Cc1sc2ccc(C)cc2[n+]1CCCS(=O)(=O)O)C=C1Sc2ccc(C)cc2N1CCO. The maximum absolute atomic E-state index is 11.3. The van der Waals surface area contributed by atoms with Crippen LogP contribution in [0.5, 0.6) is 0 Å². The van der Waals surface area contributed by atoms with Crippen molar-refractivity contribution in [2.24, 2.45) is 0 Å². The molecule has 0 fully saturated rings. The zero-order chi connectivity index (χ0) is 25.2. The first-order valence-electron chi connectivity index (χ1n) is 11.7. The second-order valence-corrected chi connectivity index (χ2v) is 12.4. The van der Waals surface area contributed by atoms with Gasteiger partial charge in [0.1, 0.15) is 4.70 Å². The molecular weight excluding hydrogens is 500 g/mol. The Balaban J connectivity index is 1.73. The molecule has 0 amide bonds. The maximum Gasteiger partial charge on any atom is 0.265 e. The molecule has 4 rings (SSSR count). The minimum absolute atomic E-state index is 0.0693. The number of nitrogens with zero attached hydrogens (tertiary/aromatic N) is 2. The highest BCUT2D eigenvalue weighted by Gasteiger charge is 2.25. The quantitative estimate of drug-likeness (QED) is 0.287. The highest BCUT2D eigenvalue weighted by molar-refractivity contribution is 8.03. The van der Waals surface area contributed by atoms with E-state index in [9.17, 15) is 18.1 Å². The molecule has 35 heavy (non-hydrogen) atoms. The van der Waals surface area contributed by atoms with Crippen LogP contribution in [0.2, 0.25) is 0 Å². The van der Waals surface area contributed by atoms with Gasteiger partial charge >= 0.3 is 0 Å². The third kappa shape index (κ3) is 6.16. The van der Waals surface area contributed by atoms with Crippen LogP contribution in [-0.2, 0) is 16.7 Å². The van der Waals surface area contributed by atoms with Gasteiger partial charge in [0.25, 0.3) is 15.1 Å². The third-order valence-electron chi connectivity index (χ3n) is 5.91. The summed E-state index contributed by atoms with van der Waals surface area (Å²) in [5.74, 6) is -0.262. The van der Waals surface area contributed by atoms with Gasteiger partial charge in [-0.1, -0.05) is 42.2 Å². The summed E-state index contributed by atoms with van der Waals surface area (Å²) < 4.78 is 35.0. The fourth-order valence-corrected chi connectivity index (χ4v) is 6.95. The number of aromatic nitrogens is 1. The van der Waals surface area contributed by atoms with Gasteiger partial charge in [0, 0.05) is 30.0 Å². The van der Waals surface area contributed by atoms with Gasteiger partial charge in [-0.2, -0.15) is 13.0 Å². The van der Waals surface area contributed by atoms with Crippen LogP contribution < -0.4 is 9.47 Å². The summed E-state index contributed by atoms with van der Waals surface area (Å²) in [7, 11) is -4.00. The van der Waals surface area contributed by atoms with Crippen LogP contribution in [0.25, 0.3) is 16.3 Å². The highest BCUT2D eigenvalue weighted by Crippen LogP contribution is 2.46. The molecule has 0 atom stereocenters. The lowest BCUT2D eigenvalue weighted by molar-refractivity contribution is -0.668. The molecule has 0 saturated carbocycles. The number of aryl methyl sites for hydroxylation is 3. The molecule has 0 aliphatic carbocycles. The monoisotopic (exact) mass is 531 g/mol. The first kappa shape index (κ1) is 25.9. The average Bonchev–Trinajstić information content (AvgIpc) is 3.30. The average molecular weight is 532 g/mol. The van der Waals surface area contributed by atoms with Crippen molar-refractivity contribution in [3.05, 3.63) is 69.2 Å². The van der Waals surface area contributed by atoms with Crippen LogP contribution in [0, 0.1) is 13.8 Å². The van der Waals surface area contributed by atoms with Crippen molar-refractivity contribution in [2.45, 2.75) is 45.1 Å². The Morgan fingerprint density at radius 3 is 2.60 bits per heavy atom. The highest BCUT2D eigenvalue weighted by atomic mass is 32.2. The second-order valence-electron chi connectivity index (χ2n) is 8.71. The Morgan fingerprint density at radius 1 is 1.14 bits per heavy atom. The van der Waals surface area contributed by atoms with Gasteiger partial charge in [0.15, 0.2) is 6.54 Å². The summed E-state index contributed by atoms with van der Waals surface area (Å²) in [6, 6.07) is 12.7. The summed E-state index contributed by atoms with van der Waals surface area (Å²) in [6.07, 6.45) is 5.52. The molecule has 0 saturated heterocycles. The van der Waals surface area contributed by atoms with Gasteiger partial charge in [-0.25, -0.2) is 0 Å². The van der Waals surface area contributed by atoms with Crippen LogP contribution in [0.15, 0.2) is 58.0 Å². The fraction of sp³-hybridized carbons (Fsp3) is 0.346. The van der Waals surface area contributed by atoms with Gasteiger partial charge in [0.2, 0.25) is 5.52 Å². The number of hydrogen-bond donors (Lipinski definition) is 2. The van der Waals surface area contributed by atoms with E-state index in [0.717, 1.165) is 43.5 Å². The van der Waals surface area contributed by atoms with E-state index in [4.69, 9.17) is 0 Å². The molecule has 3 aromatic rings. The van der Waals surface area contributed by atoms with E-state index >= 15 is 0 Å². The molecule has 0 radical (unpaired) electrons. The number of thiazole rings is 1. The number of benzene rings is 2. The topological polar surface area (TPSA) is 81.7 Å². The van der Waals surface area contributed by atoms with Gasteiger partial charge in [0.05, 0.1) is 23.1 Å². The lowest BCUT2D eigenvalue weighted by atomic mass is 10.1. The van der Waals surface area contributed by atoms with E-state index in [1.165, 1.54) is 10.5 Å². The van der Waals surface area contributed by atoms with Crippen LogP contribution in [0.4, 0.5) is 5.69 Å². The molecule has 1 aromatic heterocycles. The normalized spacial score (nSPS) is 15.4. The summed E-state index contributed by atoms with van der Waals surface area (Å²) in [4.78, 5) is 3.36. The largest absolute Gasteiger partial charge is 0.395 e. The van der Waals surface area contributed by atoms with E-state index in [1.54, 1.807) is 23.1 Å². The molecular formula is C26H31N2O4S3+. The number of aliphatic hydroxyl groups excluding tert-OH is 1. The molecule has 2 heterocycles. The lowest BCUT2D eigenvalue weighted by Crippen LogP contribution is -2.36. The van der Waals surface area contributed by atoms with Crippen molar-refractivity contribution in [3.63, 3.8) is 0 Å². The van der Waals surface area contributed by atoms with Crippen molar-refractivity contribution in [2.75, 3.05) is 23.8 Å². The van der Waals surface area contributed by atoms with Crippen molar-refractivity contribution < 1.29 is 22.6 Å². The Bertz CT molecular complexity index is 1410. The molecule has 1 aliphatic heterocycles. The minimum Gasteiger partial charge on any atom is -0.395 e. The molecule has 186 valence electrons. The van der Waals surface area contributed by atoms with Crippen molar-refractivity contribution in [1.82, 2.24) is 0 Å². The van der Waals surface area contributed by atoms with E-state index in [-0.39, 0.29) is 12.4 Å². The number of hydrogen-bond acceptors (Lipinski definition) is 6. The number of aliphatic hydroxyl groups is 1. The number of fused-ring (bicyclic) bond motifs is 2. The molecule has 0 unspecified atom stereocenters. The van der Waals surface area contributed by atoms with E-state index < -0.39 is 10.1 Å². The molecule has 0 spiro atoms. The first-order chi connectivity index (χ1) is 16.7. The van der Waals surface area contributed by atoms with Gasteiger partial charge in [-0.3, -0.25) is 4.55 Å². The molecule has 0 bridgehead atoms. The van der Waals surface area contributed by atoms with Crippen LogP contribution in [0.1, 0.15) is 35.9 Å². The van der Waals surface area contributed by atoms with Crippen molar-refractivity contribution in [3.8, 4) is 0 Å². The van der Waals surface area contributed by atoms with E-state index in [2.05, 4.69) is 71.9 Å². The molecule has 9 heteroatoms. The Morgan fingerprint density at radius 2 is 1.89 bits per heavy atom. The number of anilines is 1. The predicted octanol–water partition coefficient (Wildman–Crippen LogP) is 5.32. The van der Waals surface area contributed by atoms with Gasteiger partial charge in [-0.15, -0.1) is 0 Å². The maximum atomic E-state index is 11.3. The van der Waals surface area contributed by atoms with Crippen LogP contribution >= 0.6 is 23.1 Å². The minimum atomic E-state index is -4.00. The molecule has 1 aliphatic rings. The predicted molar refractivity (Wildman–Crippen MR) is 146 cm³/mol. The third-order valence-corrected chi connectivity index (χ3v) is 8.93. The summed E-state index contributed by atoms with van der Waals surface area (Å²) in [5.41, 5.74) is 5.67. The number of rotatable bonds is 9. The second kappa shape index (κ2) is 10.8. The van der Waals surface area contributed by atoms with Crippen LogP contribution in [0.3, 0.4) is 0 Å².